The van der Waals surface area contributed by atoms with Crippen LogP contribution in [0.15, 0.2) is 76.7 Å². The van der Waals surface area contributed by atoms with E-state index in [9.17, 15) is 4.79 Å². The number of benzene rings is 2. The first-order valence-corrected chi connectivity index (χ1v) is 11.9. The molecule has 5 aromatic rings. The molecule has 0 saturated carbocycles. The summed E-state index contributed by atoms with van der Waals surface area (Å²) in [6, 6.07) is 21.5. The van der Waals surface area contributed by atoms with E-state index in [1.165, 1.54) is 23.1 Å². The molecular formula is C21H13ClN4OS3. The SMILES string of the molecule is O=c1c2cc(-c3ccccc3)sc2nc(SCc2nnsc2Cl)n1-c1ccccc1. The van der Waals surface area contributed by atoms with E-state index in [4.69, 9.17) is 16.6 Å². The molecule has 0 bridgehead atoms. The highest BCUT2D eigenvalue weighted by molar-refractivity contribution is 7.98. The predicted molar refractivity (Wildman–Crippen MR) is 125 cm³/mol. The largest absolute Gasteiger partial charge is 0.268 e. The number of thioether (sulfide) groups is 1. The molecule has 0 aliphatic rings. The lowest BCUT2D eigenvalue weighted by atomic mass is 10.2. The summed E-state index contributed by atoms with van der Waals surface area (Å²) in [5, 5.41) is 5.28. The molecule has 3 aromatic heterocycles. The number of hydrogen-bond acceptors (Lipinski definition) is 7. The quantitative estimate of drug-likeness (QED) is 0.237. The molecule has 3 heterocycles. The van der Waals surface area contributed by atoms with Crippen molar-refractivity contribution in [1.82, 2.24) is 19.1 Å². The highest BCUT2D eigenvalue weighted by atomic mass is 35.5. The highest BCUT2D eigenvalue weighted by Gasteiger charge is 2.17. The standard InChI is InChI=1S/C21H13ClN4OS3/c22-18-16(24-25-30-18)12-28-21-23-19-15(11-17(29-19)13-7-3-1-4-8-13)20(27)26(21)14-9-5-2-6-10-14/h1-11H,12H2. The summed E-state index contributed by atoms with van der Waals surface area (Å²) in [7, 11) is 0. The van der Waals surface area contributed by atoms with Crippen molar-refractivity contribution < 1.29 is 0 Å². The zero-order valence-electron chi connectivity index (χ0n) is 15.4. The fourth-order valence-corrected chi connectivity index (χ4v) is 5.85. The average molecular weight is 469 g/mol. The van der Waals surface area contributed by atoms with Gasteiger partial charge in [-0.1, -0.05) is 76.4 Å². The van der Waals surface area contributed by atoms with E-state index in [-0.39, 0.29) is 5.56 Å². The van der Waals surface area contributed by atoms with Crippen LogP contribution in [0, 0.1) is 0 Å². The third-order valence-electron chi connectivity index (χ3n) is 4.45. The van der Waals surface area contributed by atoms with Crippen LogP contribution in [-0.4, -0.2) is 19.1 Å². The number of halogens is 1. The maximum absolute atomic E-state index is 13.5. The lowest BCUT2D eigenvalue weighted by molar-refractivity contribution is 0.822. The van der Waals surface area contributed by atoms with Crippen LogP contribution in [0.25, 0.3) is 26.3 Å². The Morgan fingerprint density at radius 2 is 1.77 bits per heavy atom. The van der Waals surface area contributed by atoms with Gasteiger partial charge in [0.2, 0.25) is 0 Å². The Labute approximate surface area is 189 Å². The summed E-state index contributed by atoms with van der Waals surface area (Å²) in [5.74, 6) is 0.483. The van der Waals surface area contributed by atoms with Gasteiger partial charge >= 0.3 is 0 Å². The Hall–Kier alpha value is -2.52. The third kappa shape index (κ3) is 3.67. The molecule has 30 heavy (non-hydrogen) atoms. The molecule has 0 aliphatic carbocycles. The number of para-hydroxylation sites is 1. The molecule has 5 rings (SSSR count). The van der Waals surface area contributed by atoms with Gasteiger partial charge in [0.05, 0.1) is 11.1 Å². The van der Waals surface area contributed by atoms with Crippen LogP contribution >= 0.6 is 46.2 Å². The Morgan fingerprint density at radius 3 is 2.47 bits per heavy atom. The van der Waals surface area contributed by atoms with Gasteiger partial charge in [0.1, 0.15) is 14.9 Å². The Balaban J connectivity index is 1.66. The molecule has 0 radical (unpaired) electrons. The lowest BCUT2D eigenvalue weighted by Gasteiger charge is -2.11. The molecule has 0 unspecified atom stereocenters. The monoisotopic (exact) mass is 468 g/mol. The van der Waals surface area contributed by atoms with E-state index in [2.05, 4.69) is 9.59 Å². The summed E-state index contributed by atoms with van der Waals surface area (Å²) in [4.78, 5) is 20.1. The second kappa shape index (κ2) is 8.31. The van der Waals surface area contributed by atoms with Crippen LogP contribution in [0.1, 0.15) is 5.69 Å². The average Bonchev–Trinajstić information content (AvgIpc) is 3.40. The zero-order valence-corrected chi connectivity index (χ0v) is 18.6. The minimum absolute atomic E-state index is 0.0883. The maximum Gasteiger partial charge on any atom is 0.267 e. The Kier molecular flexibility index (Phi) is 5.39. The van der Waals surface area contributed by atoms with Crippen molar-refractivity contribution in [3.8, 4) is 16.1 Å². The minimum Gasteiger partial charge on any atom is -0.268 e. The van der Waals surface area contributed by atoms with E-state index in [1.807, 2.05) is 66.7 Å². The second-order valence-corrected chi connectivity index (χ2v) is 9.68. The molecule has 0 saturated heterocycles. The molecule has 0 N–H and O–H groups in total. The van der Waals surface area contributed by atoms with Crippen molar-refractivity contribution in [1.29, 1.82) is 0 Å². The molecule has 148 valence electrons. The van der Waals surface area contributed by atoms with Gasteiger partial charge in [0.25, 0.3) is 5.56 Å². The first kappa shape index (κ1) is 19.4. The van der Waals surface area contributed by atoms with E-state index in [0.717, 1.165) is 32.5 Å². The number of aromatic nitrogens is 4. The van der Waals surface area contributed by atoms with Crippen LogP contribution in [0.3, 0.4) is 0 Å². The van der Waals surface area contributed by atoms with Crippen molar-refractivity contribution >= 4 is 56.4 Å². The van der Waals surface area contributed by atoms with Gasteiger partial charge < -0.3 is 0 Å². The molecule has 2 aromatic carbocycles. The predicted octanol–water partition coefficient (Wildman–Crippen LogP) is 5.91. The van der Waals surface area contributed by atoms with Crippen molar-refractivity contribution in [2.24, 2.45) is 0 Å². The van der Waals surface area contributed by atoms with Crippen molar-refractivity contribution in [3.63, 3.8) is 0 Å². The van der Waals surface area contributed by atoms with Crippen molar-refractivity contribution in [3.05, 3.63) is 87.1 Å². The molecule has 0 spiro atoms. The highest BCUT2D eigenvalue weighted by Crippen LogP contribution is 2.33. The number of rotatable bonds is 5. The van der Waals surface area contributed by atoms with E-state index < -0.39 is 0 Å². The van der Waals surface area contributed by atoms with Gasteiger partial charge in [-0.15, -0.1) is 16.4 Å². The number of nitrogens with zero attached hydrogens (tertiary/aromatic N) is 4. The first-order chi connectivity index (χ1) is 14.7. The summed E-state index contributed by atoms with van der Waals surface area (Å²) in [5.41, 5.74) is 2.45. The zero-order chi connectivity index (χ0) is 20.5. The van der Waals surface area contributed by atoms with Gasteiger partial charge in [-0.25, -0.2) is 4.98 Å². The fourth-order valence-electron chi connectivity index (χ4n) is 3.02. The maximum atomic E-state index is 13.5. The van der Waals surface area contributed by atoms with E-state index in [0.29, 0.717) is 26.3 Å². The van der Waals surface area contributed by atoms with Crippen molar-refractivity contribution in [2.75, 3.05) is 0 Å². The van der Waals surface area contributed by atoms with Crippen LogP contribution in [-0.2, 0) is 5.75 Å². The lowest BCUT2D eigenvalue weighted by Crippen LogP contribution is -2.21. The molecule has 0 atom stereocenters. The fraction of sp³-hybridized carbons (Fsp3) is 0.0476. The van der Waals surface area contributed by atoms with E-state index in [1.54, 1.807) is 4.57 Å². The summed E-state index contributed by atoms with van der Waals surface area (Å²) >= 11 is 10.2. The summed E-state index contributed by atoms with van der Waals surface area (Å²) in [6.07, 6.45) is 0. The topological polar surface area (TPSA) is 60.7 Å². The molecule has 0 amide bonds. The molecular weight excluding hydrogens is 456 g/mol. The second-order valence-electron chi connectivity index (χ2n) is 6.35. The molecule has 9 heteroatoms. The number of fused-ring (bicyclic) bond motifs is 1. The van der Waals surface area contributed by atoms with Gasteiger partial charge in [-0.2, -0.15) is 0 Å². The van der Waals surface area contributed by atoms with Crippen LogP contribution < -0.4 is 5.56 Å². The van der Waals surface area contributed by atoms with Gasteiger partial charge in [-0.05, 0) is 23.8 Å². The number of hydrogen-bond donors (Lipinski definition) is 0. The van der Waals surface area contributed by atoms with Gasteiger partial charge in [0.15, 0.2) is 5.16 Å². The van der Waals surface area contributed by atoms with Crippen molar-refractivity contribution in [2.45, 2.75) is 10.9 Å². The van der Waals surface area contributed by atoms with Crippen LogP contribution in [0.2, 0.25) is 4.34 Å². The minimum atomic E-state index is -0.0883. The van der Waals surface area contributed by atoms with Gasteiger partial charge in [0, 0.05) is 22.2 Å². The Morgan fingerprint density at radius 1 is 1.03 bits per heavy atom. The van der Waals surface area contributed by atoms with E-state index >= 15 is 0 Å². The van der Waals surface area contributed by atoms with Gasteiger partial charge in [-0.3, -0.25) is 9.36 Å². The number of thiophene rings is 1. The normalized spacial score (nSPS) is 11.2. The first-order valence-electron chi connectivity index (χ1n) is 8.97. The van der Waals surface area contributed by atoms with Crippen LogP contribution in [0.4, 0.5) is 0 Å². The molecule has 0 aliphatic heterocycles. The smallest absolute Gasteiger partial charge is 0.267 e. The Bertz CT molecular complexity index is 1380. The summed E-state index contributed by atoms with van der Waals surface area (Å²) < 4.78 is 6.09. The molecule has 0 fully saturated rings. The summed E-state index contributed by atoms with van der Waals surface area (Å²) in [6.45, 7) is 0. The molecule has 5 nitrogen and oxygen atoms in total. The van der Waals surface area contributed by atoms with Crippen LogP contribution in [0.5, 0.6) is 0 Å². The third-order valence-corrected chi connectivity index (χ3v) is 7.47.